The van der Waals surface area contributed by atoms with Crippen LogP contribution in [0.15, 0.2) is 0 Å². The molecule has 446 valence electrons. The summed E-state index contributed by atoms with van der Waals surface area (Å²) in [6, 6.07) is -14.2. The van der Waals surface area contributed by atoms with Crippen molar-refractivity contribution in [1.82, 2.24) is 47.0 Å². The van der Waals surface area contributed by atoms with Gasteiger partial charge < -0.3 is 73.8 Å². The number of nitrogens with zero attached hydrogens (tertiary/aromatic N) is 2. The number of carbonyl (C=O) groups is 13. The van der Waals surface area contributed by atoms with Crippen molar-refractivity contribution in [2.75, 3.05) is 25.1 Å². The molecule has 28 heteroatoms. The van der Waals surface area contributed by atoms with E-state index in [0.29, 0.717) is 25.0 Å². The molecule has 2 aliphatic heterocycles. The molecule has 2 aliphatic rings. The van der Waals surface area contributed by atoms with Gasteiger partial charge in [0.2, 0.25) is 59.1 Å². The van der Waals surface area contributed by atoms with Gasteiger partial charge in [0.15, 0.2) is 0 Å². The Labute approximate surface area is 465 Å². The van der Waals surface area contributed by atoms with E-state index in [-0.39, 0.29) is 75.3 Å². The summed E-state index contributed by atoms with van der Waals surface area (Å²) < 4.78 is 0. The monoisotopic (exact) mass is 1140 g/mol. The second-order valence-corrected chi connectivity index (χ2v) is 22.9. The lowest BCUT2D eigenvalue weighted by Gasteiger charge is -2.33. The maximum atomic E-state index is 14.2. The molecule has 0 spiro atoms. The summed E-state index contributed by atoms with van der Waals surface area (Å²) in [4.78, 5) is 175. The summed E-state index contributed by atoms with van der Waals surface area (Å²) in [7, 11) is 0. The third-order valence-electron chi connectivity index (χ3n) is 13.0. The molecule has 0 aromatic heterocycles. The maximum absolute atomic E-state index is 14.2. The van der Waals surface area contributed by atoms with Crippen molar-refractivity contribution in [1.29, 1.82) is 0 Å². The van der Waals surface area contributed by atoms with Crippen LogP contribution >= 0.6 is 11.8 Å². The van der Waals surface area contributed by atoms with Gasteiger partial charge in [-0.1, -0.05) is 55.4 Å². The minimum Gasteiger partial charge on any atom is -0.481 e. The van der Waals surface area contributed by atoms with E-state index in [4.69, 9.17) is 11.5 Å². The number of likely N-dealkylation sites (tertiary alicyclic amines) is 2. The van der Waals surface area contributed by atoms with Crippen LogP contribution in [0.1, 0.15) is 132 Å². The van der Waals surface area contributed by atoms with Gasteiger partial charge >= 0.3 is 17.9 Å². The molecule has 0 aromatic rings. The van der Waals surface area contributed by atoms with Crippen LogP contribution in [0.3, 0.4) is 0 Å². The average molecular weight is 1140 g/mol. The van der Waals surface area contributed by atoms with Gasteiger partial charge in [-0.25, -0.2) is 4.79 Å². The van der Waals surface area contributed by atoms with Crippen LogP contribution in [0, 0.1) is 23.7 Å². The summed E-state index contributed by atoms with van der Waals surface area (Å²) in [6.07, 6.45) is 0.348. The quantitative estimate of drug-likeness (QED) is 0.0350. The predicted molar refractivity (Wildman–Crippen MR) is 288 cm³/mol. The molecule has 0 radical (unpaired) electrons. The van der Waals surface area contributed by atoms with Crippen molar-refractivity contribution in [3.8, 4) is 0 Å². The van der Waals surface area contributed by atoms with E-state index in [9.17, 15) is 77.6 Å². The smallest absolute Gasteiger partial charge is 0.326 e. The fourth-order valence-corrected chi connectivity index (χ4v) is 9.75. The number of carbonyl (C=O) groups excluding carboxylic acids is 10. The number of amides is 10. The average Bonchev–Trinajstić information content (AvgIpc) is 4.04. The molecular weight excluding hydrogens is 1050 g/mol. The minimum atomic E-state index is -2.02. The molecule has 10 atom stereocenters. The molecule has 14 N–H and O–H groups in total. The van der Waals surface area contributed by atoms with Crippen molar-refractivity contribution in [2.24, 2.45) is 35.1 Å². The Balaban J connectivity index is 2.39. The summed E-state index contributed by atoms with van der Waals surface area (Å²) in [5, 5.41) is 46.4. The molecule has 0 aliphatic carbocycles. The van der Waals surface area contributed by atoms with Gasteiger partial charge in [0, 0.05) is 13.1 Å². The van der Waals surface area contributed by atoms with E-state index in [1.807, 2.05) is 27.7 Å². The topological polar surface area (TPSA) is 425 Å². The summed E-state index contributed by atoms with van der Waals surface area (Å²) >= 11 is 1.36. The molecule has 27 nitrogen and oxygen atoms in total. The van der Waals surface area contributed by atoms with Crippen molar-refractivity contribution in [3.05, 3.63) is 0 Å². The molecule has 2 fully saturated rings. The van der Waals surface area contributed by atoms with Crippen LogP contribution in [-0.2, 0) is 62.3 Å². The van der Waals surface area contributed by atoms with Gasteiger partial charge in [-0.2, -0.15) is 11.8 Å². The van der Waals surface area contributed by atoms with Crippen molar-refractivity contribution < 1.29 is 77.6 Å². The fourth-order valence-electron chi connectivity index (χ4n) is 9.28. The Morgan fingerprint density at radius 2 is 0.835 bits per heavy atom. The number of thioether (sulfide) groups is 1. The molecule has 2 heterocycles. The normalized spacial score (nSPS) is 18.3. The van der Waals surface area contributed by atoms with E-state index in [2.05, 4.69) is 37.2 Å². The highest BCUT2D eigenvalue weighted by Crippen LogP contribution is 2.26. The molecule has 0 aromatic carbocycles. The van der Waals surface area contributed by atoms with Gasteiger partial charge in [-0.05, 0) is 93.5 Å². The highest BCUT2D eigenvalue weighted by molar-refractivity contribution is 7.98. The van der Waals surface area contributed by atoms with Crippen molar-refractivity contribution in [2.45, 2.75) is 193 Å². The zero-order valence-electron chi connectivity index (χ0n) is 46.8. The minimum absolute atomic E-state index is 0.0282. The van der Waals surface area contributed by atoms with Crippen molar-refractivity contribution >= 4 is 88.7 Å². The molecule has 2 rings (SSSR count). The lowest BCUT2D eigenvalue weighted by atomic mass is 10.00. The molecule has 0 unspecified atom stereocenters. The maximum Gasteiger partial charge on any atom is 0.326 e. The van der Waals surface area contributed by atoms with Gasteiger partial charge in [0.1, 0.15) is 54.4 Å². The van der Waals surface area contributed by atoms with Gasteiger partial charge in [0.05, 0.1) is 25.3 Å². The van der Waals surface area contributed by atoms with Crippen LogP contribution in [0.4, 0.5) is 0 Å². The Bertz CT molecular complexity index is 2200. The SMILES string of the molecule is CSCC[C@H](NC(=O)[C@H](CC(C)C)NC(=O)[C@@H](N)CC(C)C)C(=O)N[C@@H](CC(C)C)C(=O)N[C@@H](CC(=O)O)C(=O)N[C@@H](CC(N)=O)C(=O)N[C@@H](CC(=O)O)C(=O)N[C@@H](CC(C)C)C(=O)N1CCC[C@H]1C(=O)N1CCC[C@H]1C(=O)O. The van der Waals surface area contributed by atoms with Gasteiger partial charge in [-0.3, -0.25) is 57.5 Å². The van der Waals surface area contributed by atoms with E-state index in [1.165, 1.54) is 21.6 Å². The molecule has 10 amide bonds. The van der Waals surface area contributed by atoms with E-state index >= 15 is 0 Å². The molecule has 79 heavy (non-hydrogen) atoms. The Kier molecular flexibility index (Phi) is 28.7. The Hall–Kier alpha value is -6.58. The Morgan fingerprint density at radius 1 is 0.481 bits per heavy atom. The fraction of sp³-hybridized carbons (Fsp3) is 0.745. The van der Waals surface area contributed by atoms with Crippen LogP contribution in [0.25, 0.3) is 0 Å². The van der Waals surface area contributed by atoms with Crippen LogP contribution in [0.5, 0.6) is 0 Å². The number of nitrogens with two attached hydrogens (primary N) is 2. The number of nitrogens with one attached hydrogen (secondary N) is 7. The largest absolute Gasteiger partial charge is 0.481 e. The molecule has 0 bridgehead atoms. The lowest BCUT2D eigenvalue weighted by molar-refractivity contribution is -0.152. The predicted octanol–water partition coefficient (Wildman–Crippen LogP) is -1.46. The molecule has 0 saturated carbocycles. The number of carboxylic acids is 3. The first-order chi connectivity index (χ1) is 36.9. The van der Waals surface area contributed by atoms with Crippen molar-refractivity contribution in [3.63, 3.8) is 0 Å². The first kappa shape index (κ1) is 68.5. The van der Waals surface area contributed by atoms with Gasteiger partial charge in [-0.15, -0.1) is 0 Å². The Morgan fingerprint density at radius 3 is 1.25 bits per heavy atom. The van der Waals surface area contributed by atoms with Crippen LogP contribution in [0.2, 0.25) is 0 Å². The first-order valence-corrected chi connectivity index (χ1v) is 28.2. The van der Waals surface area contributed by atoms with Crippen LogP contribution < -0.4 is 48.7 Å². The molecular formula is C51H85N11O16S. The highest BCUT2D eigenvalue weighted by atomic mass is 32.2. The number of hydrogen-bond donors (Lipinski definition) is 12. The van der Waals surface area contributed by atoms with Crippen LogP contribution in [-0.4, -0.2) is 188 Å². The number of primary amides is 1. The second kappa shape index (κ2) is 33.1. The number of hydrogen-bond acceptors (Lipinski definition) is 15. The van der Waals surface area contributed by atoms with Gasteiger partial charge in [0.25, 0.3) is 0 Å². The number of rotatable bonds is 34. The van der Waals surface area contributed by atoms with E-state index in [1.54, 1.807) is 34.0 Å². The zero-order valence-corrected chi connectivity index (χ0v) is 47.6. The summed E-state index contributed by atoms with van der Waals surface area (Å²) in [5.41, 5.74) is 11.5. The second-order valence-electron chi connectivity index (χ2n) is 21.9. The zero-order chi connectivity index (χ0) is 60.0. The first-order valence-electron chi connectivity index (χ1n) is 26.8. The standard InChI is InChI=1S/C51H85N11O16S/c1-25(2)18-29(52)42(68)55-31(19-26(3)4)44(70)54-30(14-17-79-9)43(69)56-32(20-27(5)6)45(71)58-34(23-40(64)65)47(73)57-33(22-39(53)63)46(72)59-35(24-41(66)67)48(74)60-36(21-28(7)8)49(75)61-15-10-12-37(61)50(76)62-16-11-13-38(62)51(77)78/h25-38H,10-24,52H2,1-9H3,(H2,53,63)(H,54,70)(H,55,68)(H,56,69)(H,57,73)(H,58,71)(H,59,72)(H,60,74)(H,64,65)(H,66,67)(H,77,78)/t29-,30-,31-,32-,33-,34-,35-,36-,37-,38-/m0/s1. The lowest BCUT2D eigenvalue weighted by Crippen LogP contribution is -2.61. The summed E-state index contributed by atoms with van der Waals surface area (Å²) in [5.74, 6) is -14.2. The third-order valence-corrected chi connectivity index (χ3v) is 13.7. The third kappa shape index (κ3) is 23.3. The number of carboxylic acid groups (broad SMARTS) is 3. The number of aliphatic carboxylic acids is 3. The molecule has 2 saturated heterocycles. The van der Waals surface area contributed by atoms with E-state index < -0.39 is 157 Å². The highest BCUT2D eigenvalue weighted by Gasteiger charge is 2.44. The summed E-state index contributed by atoms with van der Waals surface area (Å²) in [6.45, 7) is 14.6. The van der Waals surface area contributed by atoms with E-state index in [0.717, 1.165) is 0 Å².